The molecule has 3 aliphatic heterocycles. The number of aromatic nitrogens is 3. The fourth-order valence-corrected chi connectivity index (χ4v) is 10.7. The summed E-state index contributed by atoms with van der Waals surface area (Å²) >= 11 is 5.42. The molecule has 3 amide bonds. The Bertz CT molecular complexity index is 1390. The molecule has 3 fully saturated rings. The number of aliphatic hydroxyl groups excluding tert-OH is 1. The fourth-order valence-electron chi connectivity index (χ4n) is 7.07. The van der Waals surface area contributed by atoms with Gasteiger partial charge in [-0.2, -0.15) is 0 Å². The predicted molar refractivity (Wildman–Crippen MR) is 167 cm³/mol. The van der Waals surface area contributed by atoms with Crippen molar-refractivity contribution in [3.63, 3.8) is 0 Å². The molecule has 3 unspecified atom stereocenters. The van der Waals surface area contributed by atoms with Crippen LogP contribution in [0.15, 0.2) is 49.6 Å². The molecule has 1 aromatic heterocycles. The van der Waals surface area contributed by atoms with Crippen molar-refractivity contribution in [2.75, 3.05) is 26.7 Å². The number of halogens is 1. The second-order valence-corrected chi connectivity index (χ2v) is 14.3. The van der Waals surface area contributed by atoms with Crippen LogP contribution in [0.2, 0.25) is 0 Å². The summed E-state index contributed by atoms with van der Waals surface area (Å²) in [6.07, 6.45) is 4.61. The molecule has 8 atom stereocenters. The third kappa shape index (κ3) is 4.79. The maximum absolute atomic E-state index is 14.8. The minimum atomic E-state index is -0.867. The molecule has 3 saturated heterocycles. The van der Waals surface area contributed by atoms with E-state index in [1.807, 2.05) is 38.1 Å². The van der Waals surface area contributed by atoms with E-state index in [1.54, 1.807) is 50.3 Å². The molecule has 12 heteroatoms. The number of fused-ring (bicyclic) bond motifs is 2. The van der Waals surface area contributed by atoms with Gasteiger partial charge in [-0.1, -0.05) is 65.7 Å². The highest BCUT2D eigenvalue weighted by atomic mass is 79.9. The van der Waals surface area contributed by atoms with Gasteiger partial charge in [0.1, 0.15) is 18.2 Å². The summed E-state index contributed by atoms with van der Waals surface area (Å²) in [6.45, 7) is 12.1. The van der Waals surface area contributed by atoms with Crippen LogP contribution in [-0.2, 0) is 21.1 Å². The van der Waals surface area contributed by atoms with Crippen molar-refractivity contribution in [3.8, 4) is 0 Å². The number of benzene rings is 1. The molecule has 42 heavy (non-hydrogen) atoms. The van der Waals surface area contributed by atoms with E-state index in [4.69, 9.17) is 0 Å². The Morgan fingerprint density at radius 1 is 1.26 bits per heavy atom. The number of alkyl halides is 1. The number of carbonyl (C=O) groups excluding carboxylic acids is 3. The van der Waals surface area contributed by atoms with E-state index in [0.29, 0.717) is 18.5 Å². The molecule has 1 aromatic carbocycles. The molecule has 2 aromatic rings. The zero-order valence-corrected chi connectivity index (χ0v) is 26.7. The minimum Gasteiger partial charge on any atom is -0.394 e. The first-order valence-corrected chi connectivity index (χ1v) is 16.2. The van der Waals surface area contributed by atoms with Crippen LogP contribution < -0.4 is 0 Å². The standard InChI is InChI=1S/C30H39BrN6O4S/c1-6-13-34(5)27(39)23-24-28(40)37(22(16-38)18(4)8-3)26(30(24)15-19(31)25(23)42-30)29(41)35(14-7-2)17-36-21-12-10-9-11-20(21)32-33-36/h6-7,9-12,18-19,22-26,38H,1-2,8,13-17H2,3-5H3/t18-,19?,22-,23+,24-,25+,26?,30?/m0/s1. The van der Waals surface area contributed by atoms with E-state index in [9.17, 15) is 19.5 Å². The number of nitrogens with zero attached hydrogens (tertiary/aromatic N) is 6. The lowest BCUT2D eigenvalue weighted by Gasteiger charge is -2.41. The Morgan fingerprint density at radius 2 is 1.98 bits per heavy atom. The molecule has 0 aliphatic carbocycles. The maximum atomic E-state index is 14.8. The molecule has 0 radical (unpaired) electrons. The highest BCUT2D eigenvalue weighted by Gasteiger charge is 2.76. The third-order valence-corrected chi connectivity index (χ3v) is 12.5. The van der Waals surface area contributed by atoms with Crippen molar-refractivity contribution in [1.29, 1.82) is 0 Å². The van der Waals surface area contributed by atoms with Crippen molar-refractivity contribution < 1.29 is 19.5 Å². The largest absolute Gasteiger partial charge is 0.394 e. The normalized spacial score (nSPS) is 29.4. The summed E-state index contributed by atoms with van der Waals surface area (Å²) in [5.41, 5.74) is 1.50. The average molecular weight is 660 g/mol. The van der Waals surface area contributed by atoms with Gasteiger partial charge < -0.3 is 19.8 Å². The molecular weight excluding hydrogens is 620 g/mol. The number of aliphatic hydroxyl groups is 1. The van der Waals surface area contributed by atoms with E-state index in [2.05, 4.69) is 39.4 Å². The summed E-state index contributed by atoms with van der Waals surface area (Å²) in [4.78, 5) is 48.1. The van der Waals surface area contributed by atoms with Crippen LogP contribution in [0, 0.1) is 17.8 Å². The Balaban J connectivity index is 1.60. The van der Waals surface area contributed by atoms with Crippen LogP contribution in [0.4, 0.5) is 0 Å². The predicted octanol–water partition coefficient (Wildman–Crippen LogP) is 2.92. The summed E-state index contributed by atoms with van der Waals surface area (Å²) in [7, 11) is 1.72. The number of para-hydroxylation sites is 1. The van der Waals surface area contributed by atoms with Gasteiger partial charge in [-0.15, -0.1) is 30.0 Å². The molecule has 4 heterocycles. The van der Waals surface area contributed by atoms with Crippen molar-refractivity contribution in [3.05, 3.63) is 49.6 Å². The van der Waals surface area contributed by atoms with Crippen LogP contribution in [-0.4, -0.2) is 106 Å². The van der Waals surface area contributed by atoms with Crippen LogP contribution >= 0.6 is 27.7 Å². The van der Waals surface area contributed by atoms with Crippen LogP contribution in [0.3, 0.4) is 0 Å². The number of thioether (sulfide) groups is 1. The topological polar surface area (TPSA) is 112 Å². The Labute approximate surface area is 259 Å². The molecule has 3 aliphatic rings. The lowest BCUT2D eigenvalue weighted by molar-refractivity contribution is -0.148. The van der Waals surface area contributed by atoms with Gasteiger partial charge in [-0.3, -0.25) is 14.4 Å². The van der Waals surface area contributed by atoms with Crippen molar-refractivity contribution in [1.82, 2.24) is 29.7 Å². The second-order valence-electron chi connectivity index (χ2n) is 11.6. The Morgan fingerprint density at radius 3 is 2.64 bits per heavy atom. The van der Waals surface area contributed by atoms with E-state index >= 15 is 0 Å². The van der Waals surface area contributed by atoms with E-state index in [0.717, 1.165) is 11.9 Å². The molecule has 5 rings (SSSR count). The first-order valence-electron chi connectivity index (χ1n) is 14.4. The van der Waals surface area contributed by atoms with Gasteiger partial charge in [0.2, 0.25) is 17.7 Å². The van der Waals surface area contributed by atoms with Crippen molar-refractivity contribution in [2.24, 2.45) is 17.8 Å². The lowest BCUT2D eigenvalue weighted by atomic mass is 9.70. The van der Waals surface area contributed by atoms with Gasteiger partial charge in [-0.25, -0.2) is 4.68 Å². The molecule has 2 bridgehead atoms. The molecule has 1 N–H and O–H groups in total. The lowest BCUT2D eigenvalue weighted by Crippen LogP contribution is -2.59. The molecule has 0 saturated carbocycles. The summed E-state index contributed by atoms with van der Waals surface area (Å²) in [5.74, 6) is -1.91. The number of hydrogen-bond acceptors (Lipinski definition) is 7. The SMILES string of the molecule is C=CCN(C)C(=O)[C@H]1[C@@H]2SC3(CC2Br)C(C(=O)N(CC=C)Cn2nnc4ccccc42)N([C@@H](CO)[C@@H](C)CC)C(=O)[C@H]13. The number of amides is 3. The van der Waals surface area contributed by atoms with Gasteiger partial charge in [0.15, 0.2) is 0 Å². The maximum Gasteiger partial charge on any atom is 0.248 e. The van der Waals surface area contributed by atoms with Gasteiger partial charge in [0.05, 0.1) is 34.7 Å². The smallest absolute Gasteiger partial charge is 0.248 e. The zero-order chi connectivity index (χ0) is 30.3. The van der Waals surface area contributed by atoms with E-state index in [-0.39, 0.29) is 53.5 Å². The first-order chi connectivity index (χ1) is 20.1. The Kier molecular flexibility index (Phi) is 8.87. The van der Waals surface area contributed by atoms with Gasteiger partial charge >= 0.3 is 0 Å². The average Bonchev–Trinajstić information content (AvgIpc) is 3.70. The van der Waals surface area contributed by atoms with Crippen LogP contribution in [0.1, 0.15) is 26.7 Å². The van der Waals surface area contributed by atoms with Gasteiger partial charge in [0.25, 0.3) is 0 Å². The van der Waals surface area contributed by atoms with Gasteiger partial charge in [-0.05, 0) is 24.5 Å². The minimum absolute atomic E-state index is 0.0452. The summed E-state index contributed by atoms with van der Waals surface area (Å²) in [6, 6.07) is 6.11. The summed E-state index contributed by atoms with van der Waals surface area (Å²) in [5, 5.41) is 19.0. The van der Waals surface area contributed by atoms with Crippen LogP contribution in [0.25, 0.3) is 11.0 Å². The summed E-state index contributed by atoms with van der Waals surface area (Å²) < 4.78 is 0.849. The number of hydrogen-bond donors (Lipinski definition) is 1. The first kappa shape index (κ1) is 30.7. The third-order valence-electron chi connectivity index (χ3n) is 9.26. The molecule has 226 valence electrons. The van der Waals surface area contributed by atoms with Gasteiger partial charge in [0, 0.05) is 30.2 Å². The number of carbonyl (C=O) groups is 3. The van der Waals surface area contributed by atoms with E-state index < -0.39 is 28.7 Å². The number of likely N-dealkylation sites (tertiary alicyclic amines) is 1. The van der Waals surface area contributed by atoms with Crippen molar-refractivity contribution >= 4 is 56.4 Å². The van der Waals surface area contributed by atoms with E-state index in [1.165, 1.54) is 0 Å². The Hall–Kier alpha value is -2.70. The van der Waals surface area contributed by atoms with Crippen molar-refractivity contribution in [2.45, 2.75) is 60.3 Å². The second kappa shape index (κ2) is 12.1. The number of rotatable bonds is 12. The quantitative estimate of drug-likeness (QED) is 0.276. The van der Waals surface area contributed by atoms with Crippen LogP contribution in [0.5, 0.6) is 0 Å². The molecule has 10 nitrogen and oxygen atoms in total. The number of likely N-dealkylation sites (N-methyl/N-ethyl adjacent to an activating group) is 1. The highest BCUT2D eigenvalue weighted by Crippen LogP contribution is 2.68. The monoisotopic (exact) mass is 658 g/mol. The highest BCUT2D eigenvalue weighted by molar-refractivity contribution is 9.09. The molecule has 1 spiro atoms. The zero-order valence-electron chi connectivity index (χ0n) is 24.3. The fraction of sp³-hybridized carbons (Fsp3) is 0.567. The molecular formula is C30H39BrN6O4S.